The van der Waals surface area contributed by atoms with Gasteiger partial charge in [0.25, 0.3) is 0 Å². The third-order valence-corrected chi connectivity index (χ3v) is 3.97. The minimum absolute atomic E-state index is 0.000266. The Labute approximate surface area is 136 Å². The second-order valence-electron chi connectivity index (χ2n) is 5.66. The lowest BCUT2D eigenvalue weighted by Crippen LogP contribution is -2.32. The van der Waals surface area contributed by atoms with E-state index in [2.05, 4.69) is 5.32 Å². The molecule has 1 aliphatic heterocycles. The number of hydrogen-bond donors (Lipinski definition) is 1. The molecule has 0 aliphatic carbocycles. The van der Waals surface area contributed by atoms with Crippen LogP contribution < -0.4 is 14.8 Å². The molecule has 1 atom stereocenters. The van der Waals surface area contributed by atoms with Gasteiger partial charge < -0.3 is 14.8 Å². The summed E-state index contributed by atoms with van der Waals surface area (Å²) in [6, 6.07) is 15.7. The molecule has 0 spiro atoms. The average molecular weight is 311 g/mol. The van der Waals surface area contributed by atoms with Crippen molar-refractivity contribution in [2.45, 2.75) is 25.8 Å². The second kappa shape index (κ2) is 7.18. The van der Waals surface area contributed by atoms with E-state index in [1.807, 2.05) is 55.5 Å². The molecule has 0 fully saturated rings. The van der Waals surface area contributed by atoms with E-state index < -0.39 is 0 Å². The van der Waals surface area contributed by atoms with Crippen LogP contribution in [0.1, 0.15) is 30.0 Å². The van der Waals surface area contributed by atoms with E-state index in [0.29, 0.717) is 19.6 Å². The topological polar surface area (TPSA) is 47.6 Å². The minimum Gasteiger partial charge on any atom is -0.493 e. The lowest BCUT2D eigenvalue weighted by Gasteiger charge is -2.26. The predicted octanol–water partition coefficient (Wildman–Crippen LogP) is 3.40. The van der Waals surface area contributed by atoms with Crippen molar-refractivity contribution in [3.8, 4) is 11.5 Å². The van der Waals surface area contributed by atoms with Crippen molar-refractivity contribution in [3.63, 3.8) is 0 Å². The molecule has 1 N–H and O–H groups in total. The number of hydrogen-bond acceptors (Lipinski definition) is 3. The molecule has 0 radical (unpaired) electrons. The van der Waals surface area contributed by atoms with Crippen molar-refractivity contribution in [2.75, 3.05) is 13.2 Å². The Morgan fingerprint density at radius 1 is 1.22 bits per heavy atom. The lowest BCUT2D eigenvalue weighted by atomic mass is 10.0. The fourth-order valence-electron chi connectivity index (χ4n) is 2.73. The highest BCUT2D eigenvalue weighted by Crippen LogP contribution is 2.31. The van der Waals surface area contributed by atoms with Crippen LogP contribution in [0.5, 0.6) is 11.5 Å². The van der Waals surface area contributed by atoms with Crippen molar-refractivity contribution >= 4 is 5.91 Å². The standard InChI is InChI=1S/C19H21NO3/c1-14-6-2-4-8-17(14)22-13-11-19(21)20-16-10-12-23-18-9-5-3-7-15(16)18/h2-9,16H,10-13H2,1H3,(H,20,21)/t16-/m0/s1. The van der Waals surface area contributed by atoms with E-state index in [9.17, 15) is 4.79 Å². The molecule has 3 rings (SSSR count). The summed E-state index contributed by atoms with van der Waals surface area (Å²) in [5, 5.41) is 3.08. The van der Waals surface area contributed by atoms with Crippen LogP contribution in [0.15, 0.2) is 48.5 Å². The summed E-state index contributed by atoms with van der Waals surface area (Å²) in [5.74, 6) is 1.69. The van der Waals surface area contributed by atoms with Gasteiger partial charge in [-0.05, 0) is 24.6 Å². The first-order chi connectivity index (χ1) is 11.2. The summed E-state index contributed by atoms with van der Waals surface area (Å²) in [6.07, 6.45) is 1.13. The van der Waals surface area contributed by atoms with Crippen molar-refractivity contribution in [1.82, 2.24) is 5.32 Å². The molecule has 4 heteroatoms. The Hall–Kier alpha value is -2.49. The Morgan fingerprint density at radius 2 is 2.00 bits per heavy atom. The molecule has 0 bridgehead atoms. The highest BCUT2D eigenvalue weighted by Gasteiger charge is 2.22. The van der Waals surface area contributed by atoms with E-state index in [0.717, 1.165) is 29.0 Å². The molecule has 120 valence electrons. The van der Waals surface area contributed by atoms with Gasteiger partial charge in [-0.25, -0.2) is 0 Å². The lowest BCUT2D eigenvalue weighted by molar-refractivity contribution is -0.122. The van der Waals surface area contributed by atoms with E-state index >= 15 is 0 Å². The predicted molar refractivity (Wildman–Crippen MR) is 88.7 cm³/mol. The molecule has 0 saturated heterocycles. The first-order valence-electron chi connectivity index (χ1n) is 7.93. The van der Waals surface area contributed by atoms with Crippen molar-refractivity contribution in [1.29, 1.82) is 0 Å². The van der Waals surface area contributed by atoms with Crippen molar-refractivity contribution in [2.24, 2.45) is 0 Å². The summed E-state index contributed by atoms with van der Waals surface area (Å²) >= 11 is 0. The van der Waals surface area contributed by atoms with Gasteiger partial charge in [-0.2, -0.15) is 0 Å². The van der Waals surface area contributed by atoms with Crippen molar-refractivity contribution < 1.29 is 14.3 Å². The summed E-state index contributed by atoms with van der Waals surface area (Å²) < 4.78 is 11.3. The molecular weight excluding hydrogens is 290 g/mol. The zero-order valence-electron chi connectivity index (χ0n) is 13.2. The molecule has 0 unspecified atom stereocenters. The number of carbonyl (C=O) groups is 1. The monoisotopic (exact) mass is 311 g/mol. The summed E-state index contributed by atoms with van der Waals surface area (Å²) in [7, 11) is 0. The minimum atomic E-state index is 0.000266. The summed E-state index contributed by atoms with van der Waals surface area (Å²) in [5.41, 5.74) is 2.12. The van der Waals surface area contributed by atoms with Gasteiger partial charge in [-0.3, -0.25) is 4.79 Å². The van der Waals surface area contributed by atoms with E-state index in [-0.39, 0.29) is 11.9 Å². The Morgan fingerprint density at radius 3 is 2.87 bits per heavy atom. The van der Waals surface area contributed by atoms with Crippen LogP contribution in [0.25, 0.3) is 0 Å². The van der Waals surface area contributed by atoms with Gasteiger partial charge in [0.2, 0.25) is 5.91 Å². The van der Waals surface area contributed by atoms with Gasteiger partial charge in [0.05, 0.1) is 25.7 Å². The molecular formula is C19H21NO3. The van der Waals surface area contributed by atoms with Gasteiger partial charge in [0, 0.05) is 12.0 Å². The van der Waals surface area contributed by atoms with Gasteiger partial charge in [-0.1, -0.05) is 36.4 Å². The maximum absolute atomic E-state index is 12.2. The molecule has 0 saturated carbocycles. The van der Waals surface area contributed by atoms with Crippen LogP contribution >= 0.6 is 0 Å². The van der Waals surface area contributed by atoms with Gasteiger partial charge >= 0.3 is 0 Å². The van der Waals surface area contributed by atoms with Crippen LogP contribution in [-0.4, -0.2) is 19.1 Å². The van der Waals surface area contributed by atoms with Crippen LogP contribution in [-0.2, 0) is 4.79 Å². The third kappa shape index (κ3) is 3.83. The van der Waals surface area contributed by atoms with Crippen LogP contribution in [0.3, 0.4) is 0 Å². The number of fused-ring (bicyclic) bond motifs is 1. The molecule has 1 heterocycles. The number of nitrogens with one attached hydrogen (secondary N) is 1. The fraction of sp³-hybridized carbons (Fsp3) is 0.316. The number of para-hydroxylation sites is 2. The van der Waals surface area contributed by atoms with E-state index in [1.165, 1.54) is 0 Å². The molecule has 1 aliphatic rings. The Bertz CT molecular complexity index is 684. The fourth-order valence-corrected chi connectivity index (χ4v) is 2.73. The molecule has 1 amide bonds. The Balaban J connectivity index is 1.52. The quantitative estimate of drug-likeness (QED) is 0.920. The van der Waals surface area contributed by atoms with Gasteiger partial charge in [-0.15, -0.1) is 0 Å². The van der Waals surface area contributed by atoms with Crippen LogP contribution in [0, 0.1) is 6.92 Å². The molecule has 2 aromatic carbocycles. The largest absolute Gasteiger partial charge is 0.493 e. The zero-order chi connectivity index (χ0) is 16.1. The number of carbonyl (C=O) groups excluding carboxylic acids is 1. The first-order valence-corrected chi connectivity index (χ1v) is 7.93. The smallest absolute Gasteiger partial charge is 0.223 e. The summed E-state index contributed by atoms with van der Waals surface area (Å²) in [4.78, 5) is 12.2. The number of aryl methyl sites for hydroxylation is 1. The SMILES string of the molecule is Cc1ccccc1OCCC(=O)N[C@H]1CCOc2ccccc21. The normalized spacial score (nSPS) is 16.1. The third-order valence-electron chi connectivity index (χ3n) is 3.97. The second-order valence-corrected chi connectivity index (χ2v) is 5.66. The van der Waals surface area contributed by atoms with Gasteiger partial charge in [0.1, 0.15) is 11.5 Å². The van der Waals surface area contributed by atoms with Gasteiger partial charge in [0.15, 0.2) is 0 Å². The van der Waals surface area contributed by atoms with Crippen LogP contribution in [0.4, 0.5) is 0 Å². The number of benzene rings is 2. The molecule has 4 nitrogen and oxygen atoms in total. The van der Waals surface area contributed by atoms with E-state index in [4.69, 9.17) is 9.47 Å². The molecule has 23 heavy (non-hydrogen) atoms. The maximum atomic E-state index is 12.2. The van der Waals surface area contributed by atoms with E-state index in [1.54, 1.807) is 0 Å². The first kappa shape index (κ1) is 15.4. The maximum Gasteiger partial charge on any atom is 0.223 e. The molecule has 0 aromatic heterocycles. The Kier molecular flexibility index (Phi) is 4.81. The average Bonchev–Trinajstić information content (AvgIpc) is 2.57. The highest BCUT2D eigenvalue weighted by atomic mass is 16.5. The number of amides is 1. The number of ether oxygens (including phenoxy) is 2. The van der Waals surface area contributed by atoms with Crippen molar-refractivity contribution in [3.05, 3.63) is 59.7 Å². The summed E-state index contributed by atoms with van der Waals surface area (Å²) in [6.45, 7) is 3.00. The van der Waals surface area contributed by atoms with Crippen LogP contribution in [0.2, 0.25) is 0 Å². The zero-order valence-corrected chi connectivity index (χ0v) is 13.2. The highest BCUT2D eigenvalue weighted by molar-refractivity contribution is 5.76. The molecule has 2 aromatic rings. The number of rotatable bonds is 5.